The van der Waals surface area contributed by atoms with Gasteiger partial charge in [0.05, 0.1) is 17.4 Å². The van der Waals surface area contributed by atoms with Crippen LogP contribution in [0.5, 0.6) is 0 Å². The van der Waals surface area contributed by atoms with Crippen LogP contribution in [0.1, 0.15) is 5.76 Å². The topological polar surface area (TPSA) is 99.1 Å². The predicted molar refractivity (Wildman–Crippen MR) is 119 cm³/mol. The number of aromatic nitrogens is 2. The Morgan fingerprint density at radius 3 is 2.65 bits per heavy atom. The molecular formula is C22H13BrN4O4. The van der Waals surface area contributed by atoms with Crippen molar-refractivity contribution in [2.45, 2.75) is 0 Å². The van der Waals surface area contributed by atoms with E-state index in [0.29, 0.717) is 28.8 Å². The number of nitro benzene ring substituents is 1. The Kier molecular flexibility index (Phi) is 4.72. The van der Waals surface area contributed by atoms with E-state index < -0.39 is 4.92 Å². The average molecular weight is 477 g/mol. The summed E-state index contributed by atoms with van der Waals surface area (Å²) in [7, 11) is 0. The molecule has 4 aromatic heterocycles. The molecule has 0 saturated heterocycles. The van der Waals surface area contributed by atoms with Crippen molar-refractivity contribution in [3.05, 3.63) is 93.5 Å². The Hall–Kier alpha value is -3.98. The number of pyridine rings is 1. The quantitative estimate of drug-likeness (QED) is 0.169. The molecule has 0 aliphatic rings. The van der Waals surface area contributed by atoms with Gasteiger partial charge in [0.15, 0.2) is 17.3 Å². The maximum Gasteiger partial charge on any atom is 0.269 e. The van der Waals surface area contributed by atoms with Crippen LogP contribution in [0.4, 0.5) is 11.5 Å². The first kappa shape index (κ1) is 19.0. The van der Waals surface area contributed by atoms with Crippen LogP contribution in [-0.4, -0.2) is 20.5 Å². The molecule has 0 saturated carbocycles. The zero-order valence-electron chi connectivity index (χ0n) is 15.8. The van der Waals surface area contributed by atoms with E-state index in [1.807, 2.05) is 28.8 Å². The standard InChI is InChI=1S/C22H13BrN4O4/c23-15-5-10-20-25-21(19-2-1-11-30-19)22(26(20)13-15)24-12-17-8-9-18(31-17)14-3-6-16(7-4-14)27(28)29/h1-13H. The second-order valence-electron chi connectivity index (χ2n) is 6.60. The molecule has 0 N–H and O–H groups in total. The smallest absolute Gasteiger partial charge is 0.269 e. The number of rotatable bonds is 5. The van der Waals surface area contributed by atoms with Gasteiger partial charge in [-0.2, -0.15) is 0 Å². The normalized spacial score (nSPS) is 11.5. The lowest BCUT2D eigenvalue weighted by Crippen LogP contribution is -1.86. The van der Waals surface area contributed by atoms with Crippen LogP contribution in [-0.2, 0) is 0 Å². The number of benzene rings is 1. The summed E-state index contributed by atoms with van der Waals surface area (Å²) < 4.78 is 14.1. The maximum atomic E-state index is 10.8. The van der Waals surface area contributed by atoms with E-state index in [9.17, 15) is 10.1 Å². The number of hydrogen-bond donors (Lipinski definition) is 0. The van der Waals surface area contributed by atoms with Gasteiger partial charge in [-0.1, -0.05) is 0 Å². The summed E-state index contributed by atoms with van der Waals surface area (Å²) in [6, 6.07) is 17.2. The molecule has 0 fully saturated rings. The minimum Gasteiger partial charge on any atom is -0.463 e. The van der Waals surface area contributed by atoms with Gasteiger partial charge in [0.1, 0.15) is 17.2 Å². The fourth-order valence-corrected chi connectivity index (χ4v) is 3.49. The van der Waals surface area contributed by atoms with Gasteiger partial charge < -0.3 is 8.83 Å². The van der Waals surface area contributed by atoms with Gasteiger partial charge >= 0.3 is 0 Å². The van der Waals surface area contributed by atoms with Crippen molar-refractivity contribution >= 4 is 39.3 Å². The maximum absolute atomic E-state index is 10.8. The van der Waals surface area contributed by atoms with E-state index in [0.717, 1.165) is 15.7 Å². The second-order valence-corrected chi connectivity index (χ2v) is 7.52. The minimum absolute atomic E-state index is 0.0290. The lowest BCUT2D eigenvalue weighted by Gasteiger charge is -1.99. The molecule has 5 rings (SSSR count). The van der Waals surface area contributed by atoms with Crippen LogP contribution in [0, 0.1) is 10.1 Å². The Morgan fingerprint density at radius 1 is 1.06 bits per heavy atom. The van der Waals surface area contributed by atoms with Gasteiger partial charge in [-0.05, 0) is 64.5 Å². The first-order chi connectivity index (χ1) is 15.1. The minimum atomic E-state index is -0.436. The molecule has 31 heavy (non-hydrogen) atoms. The third kappa shape index (κ3) is 3.66. The van der Waals surface area contributed by atoms with Crippen LogP contribution < -0.4 is 0 Å². The number of furan rings is 2. The molecule has 0 spiro atoms. The van der Waals surface area contributed by atoms with Gasteiger partial charge in [-0.15, -0.1) is 0 Å². The Morgan fingerprint density at radius 2 is 1.90 bits per heavy atom. The summed E-state index contributed by atoms with van der Waals surface area (Å²) in [4.78, 5) is 19.6. The highest BCUT2D eigenvalue weighted by molar-refractivity contribution is 9.10. The largest absolute Gasteiger partial charge is 0.463 e. The fraction of sp³-hybridized carbons (Fsp3) is 0. The third-order valence-corrected chi connectivity index (χ3v) is 5.08. The van der Waals surface area contributed by atoms with E-state index in [1.54, 1.807) is 42.8 Å². The number of nitro groups is 1. The lowest BCUT2D eigenvalue weighted by atomic mass is 10.1. The summed E-state index contributed by atoms with van der Waals surface area (Å²) in [5.74, 6) is 2.32. The van der Waals surface area contributed by atoms with Crippen LogP contribution in [0.25, 0.3) is 28.4 Å². The van der Waals surface area contributed by atoms with Crippen LogP contribution in [0.15, 0.2) is 91.4 Å². The van der Waals surface area contributed by atoms with Crippen molar-refractivity contribution in [1.82, 2.24) is 9.38 Å². The third-order valence-electron chi connectivity index (χ3n) is 4.62. The Balaban J connectivity index is 1.50. The number of nitrogens with zero attached hydrogens (tertiary/aromatic N) is 4. The SMILES string of the molecule is O=[N+]([O-])c1ccc(-c2ccc(C=Nc3c(-c4ccco4)nc4ccc(Br)cn34)o2)cc1. The van der Waals surface area contributed by atoms with Gasteiger partial charge in [-0.25, -0.2) is 9.98 Å². The molecule has 4 heterocycles. The molecule has 0 amide bonds. The summed E-state index contributed by atoms with van der Waals surface area (Å²) in [5.41, 5.74) is 2.11. The predicted octanol–water partition coefficient (Wildman–Crippen LogP) is 6.28. The Labute approximate surface area is 183 Å². The summed E-state index contributed by atoms with van der Waals surface area (Å²) in [6.07, 6.45) is 5.07. The molecule has 152 valence electrons. The molecule has 5 aromatic rings. The number of hydrogen-bond acceptors (Lipinski definition) is 6. The summed E-state index contributed by atoms with van der Waals surface area (Å²) in [5, 5.41) is 10.8. The van der Waals surface area contributed by atoms with E-state index in [2.05, 4.69) is 25.9 Å². The lowest BCUT2D eigenvalue weighted by molar-refractivity contribution is -0.384. The highest BCUT2D eigenvalue weighted by Gasteiger charge is 2.16. The van der Waals surface area contributed by atoms with Crippen molar-refractivity contribution in [3.63, 3.8) is 0 Å². The van der Waals surface area contributed by atoms with Gasteiger partial charge in [0, 0.05) is 28.4 Å². The van der Waals surface area contributed by atoms with Crippen LogP contribution in [0.2, 0.25) is 0 Å². The monoisotopic (exact) mass is 476 g/mol. The summed E-state index contributed by atoms with van der Waals surface area (Å²) in [6.45, 7) is 0. The molecule has 1 aromatic carbocycles. The highest BCUT2D eigenvalue weighted by atomic mass is 79.9. The van der Waals surface area contributed by atoms with Crippen molar-refractivity contribution in [1.29, 1.82) is 0 Å². The highest BCUT2D eigenvalue weighted by Crippen LogP contribution is 2.32. The fourth-order valence-electron chi connectivity index (χ4n) is 3.16. The zero-order chi connectivity index (χ0) is 21.4. The zero-order valence-corrected chi connectivity index (χ0v) is 17.4. The van der Waals surface area contributed by atoms with Crippen molar-refractivity contribution < 1.29 is 13.8 Å². The number of imidazole rings is 1. The van der Waals surface area contributed by atoms with Crippen LogP contribution >= 0.6 is 15.9 Å². The first-order valence-corrected chi connectivity index (χ1v) is 9.98. The van der Waals surface area contributed by atoms with Gasteiger partial charge in [0.2, 0.25) is 0 Å². The van der Waals surface area contributed by atoms with E-state index in [-0.39, 0.29) is 5.69 Å². The number of fused-ring (bicyclic) bond motifs is 1. The number of halogens is 1. The van der Waals surface area contributed by atoms with E-state index >= 15 is 0 Å². The molecule has 8 nitrogen and oxygen atoms in total. The van der Waals surface area contributed by atoms with Crippen molar-refractivity contribution in [3.8, 4) is 22.8 Å². The molecular weight excluding hydrogens is 464 g/mol. The molecule has 9 heteroatoms. The molecule has 0 bridgehead atoms. The molecule has 0 aliphatic heterocycles. The molecule has 0 radical (unpaired) electrons. The number of aliphatic imine (C=N–C) groups is 1. The summed E-state index contributed by atoms with van der Waals surface area (Å²) >= 11 is 3.48. The molecule has 0 aliphatic carbocycles. The average Bonchev–Trinajstić information content (AvgIpc) is 3.52. The van der Waals surface area contributed by atoms with E-state index in [4.69, 9.17) is 8.83 Å². The van der Waals surface area contributed by atoms with Gasteiger partial charge in [0.25, 0.3) is 5.69 Å². The van der Waals surface area contributed by atoms with Crippen molar-refractivity contribution in [2.24, 2.45) is 4.99 Å². The first-order valence-electron chi connectivity index (χ1n) is 9.19. The molecule has 0 unspecified atom stereocenters. The van der Waals surface area contributed by atoms with E-state index in [1.165, 1.54) is 12.1 Å². The van der Waals surface area contributed by atoms with Gasteiger partial charge in [-0.3, -0.25) is 14.5 Å². The second kappa shape index (κ2) is 7.69. The molecule has 0 atom stereocenters. The Bertz CT molecular complexity index is 1420. The van der Waals surface area contributed by atoms with Crippen molar-refractivity contribution in [2.75, 3.05) is 0 Å². The van der Waals surface area contributed by atoms with Crippen LogP contribution in [0.3, 0.4) is 0 Å². The number of non-ortho nitro benzene ring substituents is 1.